The standard InChI is InChI=1S/C6H5ClO.C6H3N4S.C6H5N3S/c7-5-3-1-2-4-6(5)8;7-9-6-4-2-1-3-8-5(4)10-11-6;7-5-4-2-1-3-8-6(4)9-10-5/h1-4,8H;1-3H;1-3H,7H2/q;+1;. The molecule has 3 N–H and O–H groups in total. The number of diazo groups is 1. The van der Waals surface area contributed by atoms with Gasteiger partial charge in [0.1, 0.15) is 16.1 Å². The fraction of sp³-hybridized carbons (Fsp3) is 0. The number of benzene rings is 1. The van der Waals surface area contributed by atoms with Crippen LogP contribution < -0.4 is 5.73 Å². The average Bonchev–Trinajstić information content (AvgIpc) is 3.35. The van der Waals surface area contributed by atoms with Gasteiger partial charge in [-0.1, -0.05) is 23.7 Å². The molecular formula is C18H13ClN7OS2+. The van der Waals surface area contributed by atoms with E-state index >= 15 is 0 Å². The smallest absolute Gasteiger partial charge is 0.468 e. The van der Waals surface area contributed by atoms with E-state index in [1.807, 2.05) is 18.2 Å². The van der Waals surface area contributed by atoms with E-state index in [0.29, 0.717) is 15.7 Å². The van der Waals surface area contributed by atoms with Gasteiger partial charge in [0.2, 0.25) is 5.39 Å². The summed E-state index contributed by atoms with van der Waals surface area (Å²) in [6.07, 6.45) is 3.37. The van der Waals surface area contributed by atoms with Crippen LogP contribution in [0.15, 0.2) is 60.9 Å². The number of nitrogens with two attached hydrogens (primary N) is 1. The van der Waals surface area contributed by atoms with E-state index < -0.39 is 0 Å². The summed E-state index contributed by atoms with van der Waals surface area (Å²) in [5.41, 5.74) is 6.96. The Kier molecular flexibility index (Phi) is 6.80. The maximum absolute atomic E-state index is 8.79. The number of rotatable bonds is 0. The van der Waals surface area contributed by atoms with Crippen LogP contribution in [0.25, 0.3) is 27.0 Å². The van der Waals surface area contributed by atoms with Crippen molar-refractivity contribution >= 4 is 66.7 Å². The predicted molar refractivity (Wildman–Crippen MR) is 117 cm³/mol. The highest BCUT2D eigenvalue weighted by Crippen LogP contribution is 2.28. The largest absolute Gasteiger partial charge is 0.506 e. The van der Waals surface area contributed by atoms with E-state index in [4.69, 9.17) is 27.8 Å². The van der Waals surface area contributed by atoms with E-state index in [2.05, 4.69) is 23.7 Å². The molecule has 0 radical (unpaired) electrons. The summed E-state index contributed by atoms with van der Waals surface area (Å²) in [5, 5.41) is 20.7. The number of nitrogens with zero attached hydrogens (tertiary/aromatic N) is 6. The number of phenolic OH excluding ortho intramolecular Hbond substituents is 1. The Balaban J connectivity index is 0.000000126. The second-order valence-corrected chi connectivity index (χ2v) is 7.30. The molecule has 11 heteroatoms. The summed E-state index contributed by atoms with van der Waals surface area (Å²) in [4.78, 5) is 11.1. The van der Waals surface area contributed by atoms with E-state index in [-0.39, 0.29) is 5.75 Å². The lowest BCUT2D eigenvalue weighted by atomic mass is 10.3. The Bertz CT molecular complexity index is 1260. The van der Waals surface area contributed by atoms with Gasteiger partial charge in [-0.3, -0.25) is 0 Å². The minimum Gasteiger partial charge on any atom is -0.506 e. The molecule has 29 heavy (non-hydrogen) atoms. The summed E-state index contributed by atoms with van der Waals surface area (Å²) in [5.74, 6) is 0.133. The molecule has 144 valence electrons. The Morgan fingerprint density at radius 1 is 0.897 bits per heavy atom. The Morgan fingerprint density at radius 3 is 2.10 bits per heavy atom. The number of hydrogen-bond acceptors (Lipinski definition) is 9. The van der Waals surface area contributed by atoms with Gasteiger partial charge in [0.15, 0.2) is 16.3 Å². The number of halogens is 1. The third-order valence-electron chi connectivity index (χ3n) is 3.46. The van der Waals surface area contributed by atoms with Crippen molar-refractivity contribution < 1.29 is 5.11 Å². The molecule has 0 aliphatic carbocycles. The zero-order chi connectivity index (χ0) is 20.6. The second-order valence-electron chi connectivity index (χ2n) is 5.34. The summed E-state index contributed by atoms with van der Waals surface area (Å²) in [7, 11) is 0. The maximum Gasteiger partial charge on any atom is 0.468 e. The lowest BCUT2D eigenvalue weighted by Gasteiger charge is -1.89. The van der Waals surface area contributed by atoms with Crippen LogP contribution in [0, 0.1) is 5.39 Å². The third-order valence-corrected chi connectivity index (χ3v) is 5.20. The molecule has 5 aromatic rings. The van der Waals surface area contributed by atoms with Crippen LogP contribution >= 0.6 is 34.7 Å². The first-order valence-corrected chi connectivity index (χ1v) is 9.97. The molecule has 4 aromatic heterocycles. The highest BCUT2D eigenvalue weighted by atomic mass is 35.5. The van der Waals surface area contributed by atoms with Crippen molar-refractivity contribution in [2.45, 2.75) is 0 Å². The van der Waals surface area contributed by atoms with Gasteiger partial charge in [0, 0.05) is 12.4 Å². The zero-order valence-electron chi connectivity index (χ0n) is 14.7. The summed E-state index contributed by atoms with van der Waals surface area (Å²) in [6.45, 7) is 0. The average molecular weight is 443 g/mol. The van der Waals surface area contributed by atoms with Crippen molar-refractivity contribution in [2.75, 3.05) is 5.73 Å². The highest BCUT2D eigenvalue weighted by Gasteiger charge is 2.15. The van der Waals surface area contributed by atoms with Crippen LogP contribution in [0.1, 0.15) is 0 Å². The number of hydrogen-bond donors (Lipinski definition) is 2. The monoisotopic (exact) mass is 442 g/mol. The number of nitrogen functional groups attached to an aromatic ring is 1. The topological polar surface area (TPSA) is 126 Å². The molecule has 0 unspecified atom stereocenters. The Morgan fingerprint density at radius 2 is 1.52 bits per heavy atom. The fourth-order valence-electron chi connectivity index (χ4n) is 2.10. The van der Waals surface area contributed by atoms with Gasteiger partial charge in [-0.05, 0) is 47.9 Å². The first-order valence-electron chi connectivity index (χ1n) is 8.05. The van der Waals surface area contributed by atoms with Gasteiger partial charge in [-0.2, -0.15) is 8.75 Å². The SMILES string of the molecule is N#[N+]c1snc2ncccc12.Nc1snc2ncccc12.Oc1ccccc1Cl. The predicted octanol–water partition coefficient (Wildman–Crippen LogP) is 5.49. The van der Waals surface area contributed by atoms with Crippen LogP contribution in [0.5, 0.6) is 5.75 Å². The normalized spacial score (nSPS) is 9.79. The van der Waals surface area contributed by atoms with Crippen LogP contribution in [0.3, 0.4) is 0 Å². The lowest BCUT2D eigenvalue weighted by Crippen LogP contribution is -1.78. The van der Waals surface area contributed by atoms with Gasteiger partial charge < -0.3 is 10.8 Å². The van der Waals surface area contributed by atoms with Crippen molar-refractivity contribution in [2.24, 2.45) is 0 Å². The van der Waals surface area contributed by atoms with Crippen molar-refractivity contribution in [1.29, 1.82) is 5.39 Å². The number of fused-ring (bicyclic) bond motifs is 2. The molecule has 0 aliphatic heterocycles. The summed E-state index contributed by atoms with van der Waals surface area (Å²) in [6, 6.07) is 14.0. The fourth-order valence-corrected chi connectivity index (χ4v) is 3.44. The van der Waals surface area contributed by atoms with Gasteiger partial charge in [0.25, 0.3) is 0 Å². The molecule has 0 bridgehead atoms. The molecule has 0 saturated heterocycles. The van der Waals surface area contributed by atoms with E-state index in [9.17, 15) is 0 Å². The molecular weight excluding hydrogens is 430 g/mol. The Hall–Kier alpha value is -3.39. The van der Waals surface area contributed by atoms with Crippen LogP contribution in [0.4, 0.5) is 10.0 Å². The maximum atomic E-state index is 8.79. The Labute approximate surface area is 178 Å². The van der Waals surface area contributed by atoms with Crippen molar-refractivity contribution in [3.8, 4) is 5.75 Å². The van der Waals surface area contributed by atoms with Crippen LogP contribution in [-0.2, 0) is 0 Å². The second kappa shape index (κ2) is 9.70. The van der Waals surface area contributed by atoms with Crippen molar-refractivity contribution in [3.05, 3.63) is 70.9 Å². The number of phenols is 1. The molecule has 0 amide bonds. The first-order chi connectivity index (χ1) is 14.1. The minimum absolute atomic E-state index is 0.133. The third kappa shape index (κ3) is 5.11. The molecule has 5 rings (SSSR count). The molecule has 1 aromatic carbocycles. The van der Waals surface area contributed by atoms with Crippen LogP contribution in [0.2, 0.25) is 5.02 Å². The first kappa shape index (κ1) is 20.3. The number of para-hydroxylation sites is 1. The van der Waals surface area contributed by atoms with Gasteiger partial charge in [0.05, 0.1) is 21.9 Å². The molecule has 4 heterocycles. The quantitative estimate of drug-likeness (QED) is 0.303. The summed E-state index contributed by atoms with van der Waals surface area (Å²) >= 11 is 7.88. The lowest BCUT2D eigenvalue weighted by molar-refractivity contribution is 0.475. The zero-order valence-corrected chi connectivity index (χ0v) is 17.1. The molecule has 0 fully saturated rings. The number of aromatic nitrogens is 4. The minimum atomic E-state index is 0.133. The molecule has 0 atom stereocenters. The van der Waals surface area contributed by atoms with E-state index in [0.717, 1.165) is 33.0 Å². The van der Waals surface area contributed by atoms with Gasteiger partial charge in [-0.25, -0.2) is 9.97 Å². The molecule has 0 aliphatic rings. The molecule has 8 nitrogen and oxygen atoms in total. The highest BCUT2D eigenvalue weighted by molar-refractivity contribution is 7.12. The van der Waals surface area contributed by atoms with E-state index in [1.165, 1.54) is 11.5 Å². The van der Waals surface area contributed by atoms with Crippen molar-refractivity contribution in [1.82, 2.24) is 18.7 Å². The number of anilines is 1. The van der Waals surface area contributed by atoms with Crippen molar-refractivity contribution in [3.63, 3.8) is 0 Å². The molecule has 0 spiro atoms. The van der Waals surface area contributed by atoms with Gasteiger partial charge >= 0.3 is 5.00 Å². The number of aromatic hydroxyl groups is 1. The van der Waals surface area contributed by atoms with E-state index in [1.54, 1.807) is 42.7 Å². The molecule has 0 saturated carbocycles. The summed E-state index contributed by atoms with van der Waals surface area (Å²) < 4.78 is 7.99. The number of pyridine rings is 2. The van der Waals surface area contributed by atoms with Crippen LogP contribution in [-0.4, -0.2) is 23.8 Å². The van der Waals surface area contributed by atoms with Gasteiger partial charge in [-0.15, -0.1) is 0 Å².